The molecule has 42 heavy (non-hydrogen) atoms. The number of nitriles is 2. The molecule has 4 rings (SSSR count). The number of methoxy groups -OCH3 is 2. The Morgan fingerprint density at radius 2 is 1.10 bits per heavy atom. The molecule has 0 aromatic heterocycles. The van der Waals surface area contributed by atoms with Crippen molar-refractivity contribution in [2.45, 2.75) is 76.3 Å². The number of carbonyl (C=O) groups excluding carboxylic acids is 1. The molecule has 9 nitrogen and oxygen atoms in total. The molecule has 9 heteroatoms. The summed E-state index contributed by atoms with van der Waals surface area (Å²) < 4.78 is 11.3. The first kappa shape index (κ1) is 31.2. The Morgan fingerprint density at radius 1 is 0.738 bits per heavy atom. The van der Waals surface area contributed by atoms with Gasteiger partial charge in [0.25, 0.3) is 0 Å². The summed E-state index contributed by atoms with van der Waals surface area (Å²) in [5.41, 5.74) is 1.37. The van der Waals surface area contributed by atoms with E-state index in [2.05, 4.69) is 60.3 Å². The molecule has 2 aromatic rings. The fourth-order valence-electron chi connectivity index (χ4n) is 6.34. The largest absolute Gasteiger partial charge is 0.496 e. The third kappa shape index (κ3) is 6.33. The van der Waals surface area contributed by atoms with Crippen molar-refractivity contribution < 1.29 is 14.3 Å². The van der Waals surface area contributed by atoms with Gasteiger partial charge in [-0.2, -0.15) is 10.5 Å². The van der Waals surface area contributed by atoms with Crippen molar-refractivity contribution in [1.82, 2.24) is 9.80 Å². The Hall–Kier alpha value is -3.79. The Labute approximate surface area is 250 Å². The fourth-order valence-corrected chi connectivity index (χ4v) is 6.34. The average Bonchev–Trinajstić information content (AvgIpc) is 3.00. The van der Waals surface area contributed by atoms with Crippen LogP contribution in [0.5, 0.6) is 11.5 Å². The maximum atomic E-state index is 13.2. The standard InChI is InChI=1S/C33H44N6O3/c1-23(2)38-15-11-32(21-34,12-16-38)27-19-25(7-9-29(27)41-5)36-31(40)37-26-8-10-30(42-6)28(20-26)33(22-35)13-17-39(18-14-33)24(3)4/h7-10,19-20,23-24H,11-18H2,1-6H3,(H2,36,37,40). The molecule has 0 atom stereocenters. The Balaban J connectivity index is 1.54. The number of carbonyl (C=O) groups is 1. The predicted molar refractivity (Wildman–Crippen MR) is 165 cm³/mol. The third-order valence-corrected chi connectivity index (χ3v) is 9.14. The van der Waals surface area contributed by atoms with Crippen molar-refractivity contribution in [3.63, 3.8) is 0 Å². The van der Waals surface area contributed by atoms with E-state index in [1.807, 2.05) is 24.3 Å². The third-order valence-electron chi connectivity index (χ3n) is 9.14. The van der Waals surface area contributed by atoms with E-state index >= 15 is 0 Å². The monoisotopic (exact) mass is 572 g/mol. The second-order valence-corrected chi connectivity index (χ2v) is 12.1. The highest BCUT2D eigenvalue weighted by Crippen LogP contribution is 2.43. The molecule has 0 bridgehead atoms. The zero-order valence-electron chi connectivity index (χ0n) is 25.8. The van der Waals surface area contributed by atoms with Gasteiger partial charge in [-0.3, -0.25) is 0 Å². The van der Waals surface area contributed by atoms with Gasteiger partial charge in [0.05, 0.1) is 37.2 Å². The van der Waals surface area contributed by atoms with Crippen molar-refractivity contribution >= 4 is 17.4 Å². The molecule has 2 heterocycles. The maximum Gasteiger partial charge on any atom is 0.323 e. The van der Waals surface area contributed by atoms with Gasteiger partial charge in [-0.15, -0.1) is 0 Å². The number of nitrogens with one attached hydrogen (secondary N) is 2. The van der Waals surface area contributed by atoms with Gasteiger partial charge in [-0.05, 0) is 89.8 Å². The predicted octanol–water partition coefficient (Wildman–Crippen LogP) is 5.88. The van der Waals surface area contributed by atoms with Crippen LogP contribution in [0.2, 0.25) is 0 Å². The van der Waals surface area contributed by atoms with Crippen LogP contribution < -0.4 is 20.1 Å². The van der Waals surface area contributed by atoms with Crippen LogP contribution in [0.25, 0.3) is 0 Å². The van der Waals surface area contributed by atoms with Crippen LogP contribution >= 0.6 is 0 Å². The number of anilines is 2. The maximum absolute atomic E-state index is 13.2. The highest BCUT2D eigenvalue weighted by Gasteiger charge is 2.40. The number of piperidine rings is 2. The SMILES string of the molecule is COc1ccc(NC(=O)Nc2ccc(OC)c(C3(C#N)CCN(C(C)C)CC3)c2)cc1C1(C#N)CCN(C(C)C)CC1. The quantitative estimate of drug-likeness (QED) is 0.406. The van der Waals surface area contributed by atoms with Crippen LogP contribution in [0.15, 0.2) is 36.4 Å². The fraction of sp³-hybridized carbons (Fsp3) is 0.545. The van der Waals surface area contributed by atoms with Crippen molar-refractivity contribution in [2.75, 3.05) is 51.0 Å². The minimum absolute atomic E-state index is 0.413. The van der Waals surface area contributed by atoms with Crippen LogP contribution in [-0.2, 0) is 10.8 Å². The summed E-state index contributed by atoms with van der Waals surface area (Å²) in [5, 5.41) is 26.5. The zero-order valence-corrected chi connectivity index (χ0v) is 25.8. The van der Waals surface area contributed by atoms with E-state index in [1.54, 1.807) is 26.4 Å². The number of hydrogen-bond acceptors (Lipinski definition) is 7. The van der Waals surface area contributed by atoms with Gasteiger partial charge in [0.2, 0.25) is 0 Å². The van der Waals surface area contributed by atoms with Gasteiger partial charge in [-0.1, -0.05) is 0 Å². The molecule has 2 saturated heterocycles. The van der Waals surface area contributed by atoms with E-state index in [1.165, 1.54) is 0 Å². The number of benzene rings is 2. The number of nitrogens with zero attached hydrogens (tertiary/aromatic N) is 4. The van der Waals surface area contributed by atoms with E-state index in [9.17, 15) is 15.3 Å². The summed E-state index contributed by atoms with van der Waals surface area (Å²) in [4.78, 5) is 17.9. The highest BCUT2D eigenvalue weighted by atomic mass is 16.5. The molecule has 0 aliphatic carbocycles. The lowest BCUT2D eigenvalue weighted by molar-refractivity contribution is 0.149. The molecule has 224 valence electrons. The highest BCUT2D eigenvalue weighted by molar-refractivity contribution is 6.00. The van der Waals surface area contributed by atoms with Crippen LogP contribution in [-0.4, -0.2) is 68.3 Å². The van der Waals surface area contributed by atoms with E-state index in [-0.39, 0.29) is 0 Å². The molecule has 0 saturated carbocycles. The Morgan fingerprint density at radius 3 is 1.38 bits per heavy atom. The molecule has 2 aliphatic heterocycles. The molecule has 0 spiro atoms. The lowest BCUT2D eigenvalue weighted by Crippen LogP contribution is -2.44. The number of urea groups is 1. The van der Waals surface area contributed by atoms with Gasteiger partial charge in [-0.25, -0.2) is 4.79 Å². The van der Waals surface area contributed by atoms with Gasteiger partial charge < -0.3 is 29.9 Å². The number of amides is 2. The summed E-state index contributed by atoms with van der Waals surface area (Å²) in [6.45, 7) is 12.0. The number of likely N-dealkylation sites (tertiary alicyclic amines) is 2. The normalized spacial score (nSPS) is 18.6. The first-order valence-corrected chi connectivity index (χ1v) is 14.9. The van der Waals surface area contributed by atoms with E-state index in [0.717, 1.165) is 37.3 Å². The summed E-state index contributed by atoms with van der Waals surface area (Å²) >= 11 is 0. The molecule has 2 fully saturated rings. The Bertz CT molecular complexity index is 1240. The minimum atomic E-state index is -0.688. The van der Waals surface area contributed by atoms with Crippen molar-refractivity contribution in [3.05, 3.63) is 47.5 Å². The molecule has 0 radical (unpaired) electrons. The van der Waals surface area contributed by atoms with E-state index in [0.29, 0.717) is 60.6 Å². The summed E-state index contributed by atoms with van der Waals surface area (Å²) in [5.74, 6) is 1.29. The first-order chi connectivity index (χ1) is 20.1. The van der Waals surface area contributed by atoms with Gasteiger partial charge >= 0.3 is 6.03 Å². The summed E-state index contributed by atoms with van der Waals surface area (Å²) in [6, 6.07) is 16.5. The molecule has 2 aliphatic rings. The second kappa shape index (κ2) is 13.0. The molecule has 0 unspecified atom stereocenters. The number of hydrogen-bond donors (Lipinski definition) is 2. The van der Waals surface area contributed by atoms with Crippen LogP contribution in [0.4, 0.5) is 16.2 Å². The summed E-state index contributed by atoms with van der Waals surface area (Å²) in [7, 11) is 3.21. The van der Waals surface area contributed by atoms with Crippen molar-refractivity contribution in [2.24, 2.45) is 0 Å². The van der Waals surface area contributed by atoms with E-state index in [4.69, 9.17) is 9.47 Å². The molecule has 2 N–H and O–H groups in total. The molecular formula is C33H44N6O3. The topological polar surface area (TPSA) is 114 Å². The van der Waals surface area contributed by atoms with Gasteiger partial charge in [0.15, 0.2) is 0 Å². The van der Waals surface area contributed by atoms with Crippen molar-refractivity contribution in [3.8, 4) is 23.6 Å². The average molecular weight is 573 g/mol. The second-order valence-electron chi connectivity index (χ2n) is 12.1. The number of ether oxygens (including phenoxy) is 2. The molecule has 2 aromatic carbocycles. The van der Waals surface area contributed by atoms with Gasteiger partial charge in [0.1, 0.15) is 11.5 Å². The van der Waals surface area contributed by atoms with E-state index < -0.39 is 16.9 Å². The lowest BCUT2D eigenvalue weighted by atomic mass is 9.73. The van der Waals surface area contributed by atoms with Crippen LogP contribution in [0.3, 0.4) is 0 Å². The number of rotatable bonds is 8. The molecular weight excluding hydrogens is 528 g/mol. The Kier molecular flexibility index (Phi) is 9.66. The first-order valence-electron chi connectivity index (χ1n) is 14.9. The zero-order chi connectivity index (χ0) is 30.5. The minimum Gasteiger partial charge on any atom is -0.496 e. The van der Waals surface area contributed by atoms with Crippen molar-refractivity contribution in [1.29, 1.82) is 10.5 Å². The van der Waals surface area contributed by atoms with Gasteiger partial charge in [0, 0.05) is 60.8 Å². The smallest absolute Gasteiger partial charge is 0.323 e. The lowest BCUT2D eigenvalue weighted by Gasteiger charge is -2.40. The summed E-state index contributed by atoms with van der Waals surface area (Å²) in [6.07, 6.45) is 2.77. The van der Waals surface area contributed by atoms with Crippen LogP contribution in [0.1, 0.15) is 64.5 Å². The van der Waals surface area contributed by atoms with Crippen LogP contribution in [0, 0.1) is 22.7 Å². The molecule has 2 amide bonds.